The molecule has 6 nitrogen and oxygen atoms in total. The standard InChI is InChI=1S/C17H24N4O2S/c1-21-16(13-4-3-9-18-12-13)19-20-17(21)24-11-10-23-15-7-5-14(22-2)6-8-15/h5-8,13,18H,3-4,9-12H2,1-2H3/t13-/m0/s1. The Hall–Kier alpha value is -1.73. The summed E-state index contributed by atoms with van der Waals surface area (Å²) in [5, 5.41) is 13.1. The minimum atomic E-state index is 0.473. The number of aromatic nitrogens is 3. The molecule has 0 spiro atoms. The van der Waals surface area contributed by atoms with Crippen molar-refractivity contribution in [2.24, 2.45) is 7.05 Å². The molecule has 3 rings (SSSR count). The molecule has 1 aliphatic rings. The molecule has 7 heteroatoms. The Morgan fingerprint density at radius 2 is 2.04 bits per heavy atom. The maximum Gasteiger partial charge on any atom is 0.191 e. The lowest BCUT2D eigenvalue weighted by molar-refractivity contribution is 0.342. The van der Waals surface area contributed by atoms with Crippen LogP contribution >= 0.6 is 11.8 Å². The van der Waals surface area contributed by atoms with Gasteiger partial charge in [-0.05, 0) is 43.7 Å². The Bertz CT molecular complexity index is 639. The zero-order valence-corrected chi connectivity index (χ0v) is 15.0. The first kappa shape index (κ1) is 17.1. The van der Waals surface area contributed by atoms with E-state index in [0.717, 1.165) is 41.3 Å². The van der Waals surface area contributed by atoms with Gasteiger partial charge in [-0.25, -0.2) is 0 Å². The SMILES string of the molecule is COc1ccc(OCCSc2nnc([C@H]3CCCNC3)n2C)cc1. The minimum absolute atomic E-state index is 0.473. The van der Waals surface area contributed by atoms with Crippen molar-refractivity contribution < 1.29 is 9.47 Å². The Labute approximate surface area is 146 Å². The van der Waals surface area contributed by atoms with Crippen LogP contribution in [0.25, 0.3) is 0 Å². The van der Waals surface area contributed by atoms with Crippen LogP contribution in [0.1, 0.15) is 24.6 Å². The Morgan fingerprint density at radius 1 is 1.25 bits per heavy atom. The Kier molecular flexibility index (Phi) is 5.98. The molecule has 1 atom stereocenters. The average molecular weight is 348 g/mol. The average Bonchev–Trinajstić information content (AvgIpc) is 3.00. The van der Waals surface area contributed by atoms with Gasteiger partial charge in [0, 0.05) is 25.3 Å². The van der Waals surface area contributed by atoms with E-state index in [2.05, 4.69) is 27.1 Å². The summed E-state index contributed by atoms with van der Waals surface area (Å²) in [6.45, 7) is 2.74. The fraction of sp³-hybridized carbons (Fsp3) is 0.529. The van der Waals surface area contributed by atoms with Gasteiger partial charge in [0.15, 0.2) is 5.16 Å². The van der Waals surface area contributed by atoms with E-state index in [9.17, 15) is 0 Å². The van der Waals surface area contributed by atoms with Gasteiger partial charge in [0.05, 0.1) is 13.7 Å². The number of hydrogen-bond acceptors (Lipinski definition) is 6. The van der Waals surface area contributed by atoms with Gasteiger partial charge in [0.1, 0.15) is 17.3 Å². The van der Waals surface area contributed by atoms with E-state index in [0.29, 0.717) is 12.5 Å². The molecule has 0 bridgehead atoms. The smallest absolute Gasteiger partial charge is 0.191 e. The van der Waals surface area contributed by atoms with Crippen LogP contribution in [0.3, 0.4) is 0 Å². The molecule has 0 amide bonds. The molecule has 1 fully saturated rings. The van der Waals surface area contributed by atoms with E-state index in [4.69, 9.17) is 9.47 Å². The predicted octanol–water partition coefficient (Wildman–Crippen LogP) is 2.46. The highest BCUT2D eigenvalue weighted by Gasteiger charge is 2.21. The van der Waals surface area contributed by atoms with E-state index < -0.39 is 0 Å². The minimum Gasteiger partial charge on any atom is -0.497 e. The van der Waals surface area contributed by atoms with Gasteiger partial charge in [0.2, 0.25) is 0 Å². The topological polar surface area (TPSA) is 61.2 Å². The van der Waals surface area contributed by atoms with Crippen LogP contribution in [0, 0.1) is 0 Å². The van der Waals surface area contributed by atoms with E-state index in [-0.39, 0.29) is 0 Å². The first-order valence-electron chi connectivity index (χ1n) is 8.27. The quantitative estimate of drug-likeness (QED) is 0.613. The highest BCUT2D eigenvalue weighted by molar-refractivity contribution is 7.99. The molecule has 2 heterocycles. The van der Waals surface area contributed by atoms with Crippen LogP contribution in [0.15, 0.2) is 29.4 Å². The van der Waals surface area contributed by atoms with E-state index in [1.54, 1.807) is 18.9 Å². The molecule has 1 saturated heterocycles. The van der Waals surface area contributed by atoms with Crippen molar-refractivity contribution >= 4 is 11.8 Å². The predicted molar refractivity (Wildman–Crippen MR) is 95.1 cm³/mol. The molecule has 24 heavy (non-hydrogen) atoms. The second kappa shape index (κ2) is 8.39. The summed E-state index contributed by atoms with van der Waals surface area (Å²) >= 11 is 1.68. The summed E-state index contributed by atoms with van der Waals surface area (Å²) in [5.41, 5.74) is 0. The van der Waals surface area contributed by atoms with Crippen LogP contribution in [0.5, 0.6) is 11.5 Å². The summed E-state index contributed by atoms with van der Waals surface area (Å²) in [7, 11) is 3.71. The maximum absolute atomic E-state index is 5.75. The fourth-order valence-electron chi connectivity index (χ4n) is 2.84. The molecular weight excluding hydrogens is 324 g/mol. The molecular formula is C17H24N4O2S. The van der Waals surface area contributed by atoms with E-state index in [1.165, 1.54) is 12.8 Å². The van der Waals surface area contributed by atoms with Crippen molar-refractivity contribution in [3.8, 4) is 11.5 Å². The summed E-state index contributed by atoms with van der Waals surface area (Å²) in [4.78, 5) is 0. The molecule has 0 aliphatic carbocycles. The lowest BCUT2D eigenvalue weighted by atomic mass is 9.99. The number of nitrogens with zero attached hydrogens (tertiary/aromatic N) is 3. The van der Waals surface area contributed by atoms with Crippen LogP contribution in [0.4, 0.5) is 0 Å². The molecule has 1 aromatic heterocycles. The molecule has 1 N–H and O–H groups in total. The third-order valence-corrected chi connectivity index (χ3v) is 5.16. The van der Waals surface area contributed by atoms with Crippen LogP contribution < -0.4 is 14.8 Å². The highest BCUT2D eigenvalue weighted by Crippen LogP contribution is 2.25. The summed E-state index contributed by atoms with van der Waals surface area (Å²) < 4.78 is 13.0. The van der Waals surface area contributed by atoms with Gasteiger partial charge >= 0.3 is 0 Å². The molecule has 0 unspecified atom stereocenters. The lowest BCUT2D eigenvalue weighted by Crippen LogP contribution is -2.29. The van der Waals surface area contributed by atoms with Gasteiger partial charge < -0.3 is 19.4 Å². The second-order valence-corrected chi connectivity index (χ2v) is 6.88. The third-order valence-electron chi connectivity index (χ3n) is 4.17. The van der Waals surface area contributed by atoms with Crippen molar-refractivity contribution in [3.05, 3.63) is 30.1 Å². The highest BCUT2D eigenvalue weighted by atomic mass is 32.2. The summed E-state index contributed by atoms with van der Waals surface area (Å²) in [6.07, 6.45) is 2.39. The number of methoxy groups -OCH3 is 1. The monoisotopic (exact) mass is 348 g/mol. The van der Waals surface area contributed by atoms with Crippen molar-refractivity contribution in [3.63, 3.8) is 0 Å². The van der Waals surface area contributed by atoms with Gasteiger partial charge in [-0.3, -0.25) is 0 Å². The van der Waals surface area contributed by atoms with Crippen LogP contribution in [-0.4, -0.2) is 47.3 Å². The first-order chi connectivity index (χ1) is 11.8. The van der Waals surface area contributed by atoms with Crippen molar-refractivity contribution in [2.75, 3.05) is 32.6 Å². The van der Waals surface area contributed by atoms with E-state index in [1.807, 2.05) is 24.3 Å². The number of hydrogen-bond donors (Lipinski definition) is 1. The van der Waals surface area contributed by atoms with Gasteiger partial charge in [0.25, 0.3) is 0 Å². The summed E-state index contributed by atoms with van der Waals surface area (Å²) in [5.74, 6) is 4.08. The molecule has 0 saturated carbocycles. The number of ether oxygens (including phenoxy) is 2. The molecule has 1 aliphatic heterocycles. The third kappa shape index (κ3) is 4.21. The zero-order chi connectivity index (χ0) is 16.8. The molecule has 130 valence electrons. The van der Waals surface area contributed by atoms with Gasteiger partial charge in [-0.1, -0.05) is 11.8 Å². The number of piperidine rings is 1. The first-order valence-corrected chi connectivity index (χ1v) is 9.26. The number of thioether (sulfide) groups is 1. The van der Waals surface area contributed by atoms with Gasteiger partial charge in [-0.15, -0.1) is 10.2 Å². The molecule has 0 radical (unpaired) electrons. The molecule has 1 aromatic carbocycles. The number of benzene rings is 1. The Morgan fingerprint density at radius 3 is 2.75 bits per heavy atom. The van der Waals surface area contributed by atoms with Crippen LogP contribution in [-0.2, 0) is 7.05 Å². The fourth-order valence-corrected chi connectivity index (χ4v) is 3.58. The zero-order valence-electron chi connectivity index (χ0n) is 14.2. The second-order valence-electron chi connectivity index (χ2n) is 5.82. The van der Waals surface area contributed by atoms with Crippen molar-refractivity contribution in [1.29, 1.82) is 0 Å². The van der Waals surface area contributed by atoms with Crippen molar-refractivity contribution in [2.45, 2.75) is 23.9 Å². The lowest BCUT2D eigenvalue weighted by Gasteiger charge is -2.21. The maximum atomic E-state index is 5.75. The van der Waals surface area contributed by atoms with Gasteiger partial charge in [-0.2, -0.15) is 0 Å². The van der Waals surface area contributed by atoms with E-state index >= 15 is 0 Å². The molecule has 2 aromatic rings. The normalized spacial score (nSPS) is 17.7. The largest absolute Gasteiger partial charge is 0.497 e. The van der Waals surface area contributed by atoms with Crippen LogP contribution in [0.2, 0.25) is 0 Å². The van der Waals surface area contributed by atoms with Crippen molar-refractivity contribution in [1.82, 2.24) is 20.1 Å². The summed E-state index contributed by atoms with van der Waals surface area (Å²) in [6, 6.07) is 7.63. The Balaban J connectivity index is 1.47. The number of nitrogens with one attached hydrogen (secondary N) is 1. The number of rotatable bonds is 7.